The maximum Gasteiger partial charge on any atom is 0.267 e. The van der Waals surface area contributed by atoms with Crippen LogP contribution in [0.15, 0.2) is 42.5 Å². The zero-order chi connectivity index (χ0) is 15.4. The van der Waals surface area contributed by atoms with Crippen LogP contribution >= 0.6 is 0 Å². The van der Waals surface area contributed by atoms with E-state index in [2.05, 4.69) is 0 Å². The van der Waals surface area contributed by atoms with Crippen molar-refractivity contribution in [1.82, 2.24) is 0 Å². The minimum absolute atomic E-state index is 0.199. The summed E-state index contributed by atoms with van der Waals surface area (Å²) in [5.74, 6) is 0.0598. The number of benzene rings is 2. The molecule has 0 atom stereocenters. The minimum Gasteiger partial charge on any atom is -0.489 e. The highest BCUT2D eigenvalue weighted by Gasteiger charge is 2.12. The van der Waals surface area contributed by atoms with Gasteiger partial charge in [-0.3, -0.25) is 10.2 Å². The fourth-order valence-electron chi connectivity index (χ4n) is 2.04. The number of rotatable bonds is 5. The highest BCUT2D eigenvalue weighted by molar-refractivity contribution is 6.43. The average Bonchev–Trinajstić information content (AvgIpc) is 2.47. The van der Waals surface area contributed by atoms with Crippen molar-refractivity contribution in [2.75, 3.05) is 0 Å². The van der Waals surface area contributed by atoms with Crippen molar-refractivity contribution >= 4 is 11.6 Å². The smallest absolute Gasteiger partial charge is 0.267 e. The molecule has 0 aromatic heterocycles. The van der Waals surface area contributed by atoms with Crippen LogP contribution in [0.25, 0.3) is 0 Å². The molecule has 0 bridgehead atoms. The zero-order valence-corrected chi connectivity index (χ0v) is 12.1. The molecule has 21 heavy (non-hydrogen) atoms. The largest absolute Gasteiger partial charge is 0.489 e. The molecule has 0 aliphatic heterocycles. The van der Waals surface area contributed by atoms with Crippen LogP contribution in [-0.4, -0.2) is 11.6 Å². The molecule has 0 radical (unpaired) electrons. The summed E-state index contributed by atoms with van der Waals surface area (Å²) in [5, 5.41) is 7.75. The molecule has 0 spiro atoms. The van der Waals surface area contributed by atoms with E-state index in [1.807, 2.05) is 44.2 Å². The Balaban J connectivity index is 2.23. The van der Waals surface area contributed by atoms with E-state index in [9.17, 15) is 4.79 Å². The van der Waals surface area contributed by atoms with Crippen molar-refractivity contribution in [2.24, 2.45) is 5.73 Å². The molecule has 2 aromatic carbocycles. The topological polar surface area (TPSA) is 76.2 Å². The number of primary amides is 1. The molecule has 1 amide bonds. The molecule has 3 N–H and O–H groups in total. The van der Waals surface area contributed by atoms with Crippen LogP contribution < -0.4 is 10.5 Å². The van der Waals surface area contributed by atoms with Crippen LogP contribution in [0.5, 0.6) is 5.75 Å². The molecule has 2 rings (SSSR count). The molecule has 108 valence electrons. The van der Waals surface area contributed by atoms with Crippen LogP contribution in [0.2, 0.25) is 0 Å². The second-order valence-corrected chi connectivity index (χ2v) is 4.95. The lowest BCUT2D eigenvalue weighted by Gasteiger charge is -2.12. The molecule has 0 heterocycles. The normalized spacial score (nSPS) is 10.2. The second kappa shape index (κ2) is 6.22. The van der Waals surface area contributed by atoms with Gasteiger partial charge in [-0.25, -0.2) is 0 Å². The van der Waals surface area contributed by atoms with Crippen LogP contribution in [0.4, 0.5) is 0 Å². The first-order chi connectivity index (χ1) is 9.99. The minimum atomic E-state index is -0.741. The molecular weight excluding hydrogens is 264 g/mol. The lowest BCUT2D eigenvalue weighted by atomic mass is 10.0. The maximum absolute atomic E-state index is 11.2. The molecule has 0 saturated heterocycles. The van der Waals surface area contributed by atoms with Gasteiger partial charge in [-0.2, -0.15) is 0 Å². The van der Waals surface area contributed by atoms with Gasteiger partial charge in [-0.05, 0) is 36.6 Å². The molecule has 0 unspecified atom stereocenters. The van der Waals surface area contributed by atoms with Crippen molar-refractivity contribution < 1.29 is 9.53 Å². The summed E-state index contributed by atoms with van der Waals surface area (Å²) in [6, 6.07) is 13.2. The molecular formula is C17H18N2O2. The summed E-state index contributed by atoms with van der Waals surface area (Å²) in [4.78, 5) is 11.2. The Morgan fingerprint density at radius 2 is 1.90 bits per heavy atom. The third kappa shape index (κ3) is 3.48. The Labute approximate surface area is 124 Å². The average molecular weight is 282 g/mol. The van der Waals surface area contributed by atoms with Crippen LogP contribution in [0.1, 0.15) is 22.3 Å². The summed E-state index contributed by atoms with van der Waals surface area (Å²) in [7, 11) is 0. The summed E-state index contributed by atoms with van der Waals surface area (Å²) in [6.07, 6.45) is 0. The SMILES string of the molecule is Cc1ccc(C)c(OCc2ccccc2C(=N)C(N)=O)c1. The first-order valence-electron chi connectivity index (χ1n) is 6.65. The van der Waals surface area contributed by atoms with E-state index >= 15 is 0 Å². The van der Waals surface area contributed by atoms with Crippen LogP contribution in [-0.2, 0) is 11.4 Å². The van der Waals surface area contributed by atoms with Gasteiger partial charge in [-0.1, -0.05) is 36.4 Å². The fourth-order valence-corrected chi connectivity index (χ4v) is 2.04. The number of ether oxygens (including phenoxy) is 1. The van der Waals surface area contributed by atoms with Crippen molar-refractivity contribution in [3.63, 3.8) is 0 Å². The number of carbonyl (C=O) groups is 1. The van der Waals surface area contributed by atoms with Gasteiger partial charge in [0.25, 0.3) is 5.91 Å². The summed E-state index contributed by atoms with van der Waals surface area (Å²) in [5.41, 5.74) is 8.42. The highest BCUT2D eigenvalue weighted by Crippen LogP contribution is 2.21. The third-order valence-electron chi connectivity index (χ3n) is 3.26. The number of carbonyl (C=O) groups excluding carboxylic acids is 1. The summed E-state index contributed by atoms with van der Waals surface area (Å²) < 4.78 is 5.83. The highest BCUT2D eigenvalue weighted by atomic mass is 16.5. The van der Waals surface area contributed by atoms with Gasteiger partial charge in [-0.15, -0.1) is 0 Å². The lowest BCUT2D eigenvalue weighted by Crippen LogP contribution is -2.24. The number of nitrogens with two attached hydrogens (primary N) is 1. The summed E-state index contributed by atoms with van der Waals surface area (Å²) in [6.45, 7) is 4.27. The molecule has 0 aliphatic rings. The number of aryl methyl sites for hydroxylation is 2. The Morgan fingerprint density at radius 3 is 2.62 bits per heavy atom. The molecule has 4 heteroatoms. The zero-order valence-electron chi connectivity index (χ0n) is 12.1. The monoisotopic (exact) mass is 282 g/mol. The van der Waals surface area contributed by atoms with E-state index in [-0.39, 0.29) is 12.3 Å². The lowest BCUT2D eigenvalue weighted by molar-refractivity contribution is -0.112. The van der Waals surface area contributed by atoms with Gasteiger partial charge in [0.1, 0.15) is 18.1 Å². The quantitative estimate of drug-likeness (QED) is 0.827. The number of nitrogens with one attached hydrogen (secondary N) is 1. The van der Waals surface area contributed by atoms with Gasteiger partial charge in [0.15, 0.2) is 0 Å². The van der Waals surface area contributed by atoms with E-state index < -0.39 is 5.91 Å². The Kier molecular flexibility index (Phi) is 4.38. The van der Waals surface area contributed by atoms with Crippen LogP contribution in [0.3, 0.4) is 0 Å². The maximum atomic E-state index is 11.2. The van der Waals surface area contributed by atoms with Crippen molar-refractivity contribution in [3.8, 4) is 5.75 Å². The van der Waals surface area contributed by atoms with Gasteiger partial charge in [0.05, 0.1) is 0 Å². The first-order valence-corrected chi connectivity index (χ1v) is 6.65. The van der Waals surface area contributed by atoms with E-state index in [1.54, 1.807) is 12.1 Å². The standard InChI is InChI=1S/C17H18N2O2/c1-11-7-8-12(2)15(9-11)21-10-13-5-3-4-6-14(13)16(18)17(19)20/h3-9,18H,10H2,1-2H3,(H2,19,20). The number of amides is 1. The predicted molar refractivity (Wildman–Crippen MR) is 82.7 cm³/mol. The molecule has 0 fully saturated rings. The van der Waals surface area contributed by atoms with Gasteiger partial charge < -0.3 is 10.5 Å². The van der Waals surface area contributed by atoms with Gasteiger partial charge in [0.2, 0.25) is 0 Å². The predicted octanol–water partition coefficient (Wildman–Crippen LogP) is 2.74. The van der Waals surface area contributed by atoms with Gasteiger partial charge >= 0.3 is 0 Å². The van der Waals surface area contributed by atoms with E-state index in [0.717, 1.165) is 22.4 Å². The molecule has 2 aromatic rings. The van der Waals surface area contributed by atoms with Crippen LogP contribution in [0, 0.1) is 19.3 Å². The van der Waals surface area contributed by atoms with Gasteiger partial charge in [0, 0.05) is 5.56 Å². The summed E-state index contributed by atoms with van der Waals surface area (Å²) >= 11 is 0. The Morgan fingerprint density at radius 1 is 1.19 bits per heavy atom. The van der Waals surface area contributed by atoms with E-state index in [0.29, 0.717) is 5.56 Å². The number of hydrogen-bond donors (Lipinski definition) is 2. The Bertz CT molecular complexity index is 693. The fraction of sp³-hybridized carbons (Fsp3) is 0.176. The van der Waals surface area contributed by atoms with E-state index in [4.69, 9.17) is 15.9 Å². The third-order valence-corrected chi connectivity index (χ3v) is 3.26. The second-order valence-electron chi connectivity index (χ2n) is 4.95. The first kappa shape index (κ1) is 14.8. The van der Waals surface area contributed by atoms with Crippen molar-refractivity contribution in [2.45, 2.75) is 20.5 Å². The van der Waals surface area contributed by atoms with E-state index in [1.165, 1.54) is 0 Å². The molecule has 0 saturated carbocycles. The molecule has 0 aliphatic carbocycles. The molecule has 4 nitrogen and oxygen atoms in total. The van der Waals surface area contributed by atoms with Crippen molar-refractivity contribution in [1.29, 1.82) is 5.41 Å². The number of hydrogen-bond acceptors (Lipinski definition) is 3. The van der Waals surface area contributed by atoms with Crippen molar-refractivity contribution in [3.05, 3.63) is 64.7 Å². The Hall–Kier alpha value is -2.62.